The molecule has 0 aliphatic heterocycles. The standard InChI is InChI=1S/C19H22N4OS/c1-4-14(5-2)18-21-22-19(25-18)20-17(24)15-9-8-13(3)16(12-15)23-10-6-7-11-23/h6-12,14H,4-5H2,1-3H3,(H,20,22,24). The molecule has 0 atom stereocenters. The average molecular weight is 354 g/mol. The first-order valence-corrected chi connectivity index (χ1v) is 9.32. The lowest BCUT2D eigenvalue weighted by molar-refractivity contribution is 0.102. The Morgan fingerprint density at radius 2 is 1.92 bits per heavy atom. The highest BCUT2D eigenvalue weighted by molar-refractivity contribution is 7.15. The van der Waals surface area contributed by atoms with Gasteiger partial charge in [-0.3, -0.25) is 10.1 Å². The molecule has 0 bridgehead atoms. The topological polar surface area (TPSA) is 59.8 Å². The predicted molar refractivity (Wildman–Crippen MR) is 102 cm³/mol. The molecule has 0 fully saturated rings. The summed E-state index contributed by atoms with van der Waals surface area (Å²) in [6.07, 6.45) is 5.99. The Morgan fingerprint density at radius 1 is 1.20 bits per heavy atom. The van der Waals surface area contributed by atoms with E-state index in [1.807, 2.05) is 54.2 Å². The third-order valence-electron chi connectivity index (χ3n) is 4.35. The van der Waals surface area contributed by atoms with Crippen molar-refractivity contribution in [1.82, 2.24) is 14.8 Å². The van der Waals surface area contributed by atoms with Crippen LogP contribution in [0.5, 0.6) is 0 Å². The minimum absolute atomic E-state index is 0.166. The number of nitrogens with zero attached hydrogens (tertiary/aromatic N) is 3. The fraction of sp³-hybridized carbons (Fsp3) is 0.316. The van der Waals surface area contributed by atoms with Crippen LogP contribution in [0.2, 0.25) is 0 Å². The smallest absolute Gasteiger partial charge is 0.257 e. The van der Waals surface area contributed by atoms with E-state index in [2.05, 4.69) is 29.4 Å². The summed E-state index contributed by atoms with van der Waals surface area (Å²) in [5.74, 6) is 0.239. The molecule has 25 heavy (non-hydrogen) atoms. The molecule has 0 radical (unpaired) electrons. The molecule has 1 amide bonds. The van der Waals surface area contributed by atoms with Crippen LogP contribution in [-0.4, -0.2) is 20.7 Å². The van der Waals surface area contributed by atoms with Crippen LogP contribution >= 0.6 is 11.3 Å². The van der Waals surface area contributed by atoms with Gasteiger partial charge in [-0.1, -0.05) is 31.3 Å². The number of hydrogen-bond donors (Lipinski definition) is 1. The third-order valence-corrected chi connectivity index (χ3v) is 5.35. The molecular formula is C19H22N4OS. The number of aryl methyl sites for hydroxylation is 1. The molecule has 0 saturated carbocycles. The van der Waals surface area contributed by atoms with Crippen molar-refractivity contribution in [3.63, 3.8) is 0 Å². The molecule has 3 aromatic rings. The second kappa shape index (κ2) is 7.61. The first kappa shape index (κ1) is 17.4. The van der Waals surface area contributed by atoms with E-state index in [0.29, 0.717) is 16.6 Å². The summed E-state index contributed by atoms with van der Waals surface area (Å²) in [7, 11) is 0. The minimum Gasteiger partial charge on any atom is -0.324 e. The number of aromatic nitrogens is 3. The van der Waals surface area contributed by atoms with Gasteiger partial charge in [-0.15, -0.1) is 10.2 Å². The lowest BCUT2D eigenvalue weighted by Gasteiger charge is -2.10. The molecule has 1 aromatic carbocycles. The number of anilines is 1. The third kappa shape index (κ3) is 3.79. The van der Waals surface area contributed by atoms with Crippen LogP contribution in [0.25, 0.3) is 5.69 Å². The van der Waals surface area contributed by atoms with E-state index in [4.69, 9.17) is 0 Å². The van der Waals surface area contributed by atoms with Gasteiger partial charge in [0, 0.05) is 29.6 Å². The Kier molecular flexibility index (Phi) is 5.28. The summed E-state index contributed by atoms with van der Waals surface area (Å²) in [6.45, 7) is 6.31. The van der Waals surface area contributed by atoms with E-state index < -0.39 is 0 Å². The maximum absolute atomic E-state index is 12.6. The summed E-state index contributed by atoms with van der Waals surface area (Å²) in [4.78, 5) is 12.6. The Morgan fingerprint density at radius 3 is 2.60 bits per heavy atom. The van der Waals surface area contributed by atoms with E-state index in [9.17, 15) is 4.79 Å². The van der Waals surface area contributed by atoms with Gasteiger partial charge < -0.3 is 4.57 Å². The number of amides is 1. The van der Waals surface area contributed by atoms with Crippen molar-refractivity contribution in [2.24, 2.45) is 0 Å². The fourth-order valence-electron chi connectivity index (χ4n) is 2.78. The summed E-state index contributed by atoms with van der Waals surface area (Å²) in [6, 6.07) is 9.62. The molecule has 2 heterocycles. The van der Waals surface area contributed by atoms with Crippen LogP contribution in [0.15, 0.2) is 42.7 Å². The zero-order chi connectivity index (χ0) is 17.8. The summed E-state index contributed by atoms with van der Waals surface area (Å²) in [5.41, 5.74) is 2.71. The summed E-state index contributed by atoms with van der Waals surface area (Å²) in [5, 5.41) is 12.8. The predicted octanol–water partition coefficient (Wildman–Crippen LogP) is 4.79. The van der Waals surface area contributed by atoms with E-state index in [-0.39, 0.29) is 5.91 Å². The quantitative estimate of drug-likeness (QED) is 0.692. The monoisotopic (exact) mass is 354 g/mol. The minimum atomic E-state index is -0.166. The van der Waals surface area contributed by atoms with Crippen molar-refractivity contribution in [2.45, 2.75) is 39.5 Å². The van der Waals surface area contributed by atoms with Gasteiger partial charge >= 0.3 is 0 Å². The Hall–Kier alpha value is -2.47. The van der Waals surface area contributed by atoms with E-state index in [1.165, 1.54) is 11.3 Å². The van der Waals surface area contributed by atoms with E-state index in [0.717, 1.165) is 29.1 Å². The highest BCUT2D eigenvalue weighted by Crippen LogP contribution is 2.28. The largest absolute Gasteiger partial charge is 0.324 e. The molecule has 1 N–H and O–H groups in total. The van der Waals surface area contributed by atoms with Crippen molar-refractivity contribution in [1.29, 1.82) is 0 Å². The van der Waals surface area contributed by atoms with Crippen LogP contribution in [0.3, 0.4) is 0 Å². The van der Waals surface area contributed by atoms with Gasteiger partial charge in [0.05, 0.1) is 0 Å². The fourth-order valence-corrected chi connectivity index (χ4v) is 3.79. The van der Waals surface area contributed by atoms with Gasteiger partial charge in [0.25, 0.3) is 5.91 Å². The zero-order valence-electron chi connectivity index (χ0n) is 14.7. The van der Waals surface area contributed by atoms with Crippen molar-refractivity contribution in [3.8, 4) is 5.69 Å². The van der Waals surface area contributed by atoms with Crippen molar-refractivity contribution in [2.75, 3.05) is 5.32 Å². The molecular weight excluding hydrogens is 332 g/mol. The van der Waals surface area contributed by atoms with Gasteiger partial charge in [0.2, 0.25) is 5.13 Å². The normalized spacial score (nSPS) is 11.0. The first-order chi connectivity index (χ1) is 12.1. The van der Waals surface area contributed by atoms with Crippen LogP contribution < -0.4 is 5.32 Å². The summed E-state index contributed by atoms with van der Waals surface area (Å²) < 4.78 is 2.00. The Labute approximate surface area is 151 Å². The lowest BCUT2D eigenvalue weighted by atomic mass is 10.1. The Bertz CT molecular complexity index is 850. The first-order valence-electron chi connectivity index (χ1n) is 8.51. The van der Waals surface area contributed by atoms with Gasteiger partial charge in [-0.2, -0.15) is 0 Å². The van der Waals surface area contributed by atoms with E-state index in [1.54, 1.807) is 0 Å². The second-order valence-electron chi connectivity index (χ2n) is 6.00. The molecule has 0 spiro atoms. The van der Waals surface area contributed by atoms with Crippen molar-refractivity contribution < 1.29 is 4.79 Å². The molecule has 0 aliphatic rings. The van der Waals surface area contributed by atoms with Crippen LogP contribution in [0.1, 0.15) is 53.5 Å². The second-order valence-corrected chi connectivity index (χ2v) is 7.01. The van der Waals surface area contributed by atoms with Gasteiger partial charge in [0.15, 0.2) is 0 Å². The Balaban J connectivity index is 1.79. The summed E-state index contributed by atoms with van der Waals surface area (Å²) >= 11 is 1.46. The van der Waals surface area contributed by atoms with Crippen molar-refractivity contribution >= 4 is 22.4 Å². The maximum Gasteiger partial charge on any atom is 0.257 e. The number of rotatable bonds is 6. The molecule has 0 aliphatic carbocycles. The average Bonchev–Trinajstić information content (AvgIpc) is 3.29. The molecule has 2 aromatic heterocycles. The molecule has 3 rings (SSSR count). The SMILES string of the molecule is CCC(CC)c1nnc(NC(=O)c2ccc(C)c(-n3cccc3)c2)s1. The lowest BCUT2D eigenvalue weighted by Crippen LogP contribution is -2.12. The van der Waals surface area contributed by atoms with Gasteiger partial charge in [-0.25, -0.2) is 0 Å². The molecule has 5 nitrogen and oxygen atoms in total. The zero-order valence-corrected chi connectivity index (χ0v) is 15.5. The van der Waals surface area contributed by atoms with Crippen LogP contribution in [-0.2, 0) is 0 Å². The van der Waals surface area contributed by atoms with Crippen LogP contribution in [0.4, 0.5) is 5.13 Å². The number of carbonyl (C=O) groups is 1. The van der Waals surface area contributed by atoms with Crippen molar-refractivity contribution in [3.05, 3.63) is 58.9 Å². The van der Waals surface area contributed by atoms with E-state index >= 15 is 0 Å². The highest BCUT2D eigenvalue weighted by atomic mass is 32.1. The number of nitrogens with one attached hydrogen (secondary N) is 1. The number of carbonyl (C=O) groups excluding carboxylic acids is 1. The van der Waals surface area contributed by atoms with Gasteiger partial charge in [-0.05, 0) is 49.6 Å². The van der Waals surface area contributed by atoms with Crippen LogP contribution in [0, 0.1) is 6.92 Å². The molecule has 0 saturated heterocycles. The molecule has 6 heteroatoms. The molecule has 130 valence electrons. The maximum atomic E-state index is 12.6. The number of hydrogen-bond acceptors (Lipinski definition) is 4. The highest BCUT2D eigenvalue weighted by Gasteiger charge is 2.16. The van der Waals surface area contributed by atoms with Gasteiger partial charge in [0.1, 0.15) is 5.01 Å². The molecule has 0 unspecified atom stereocenters. The number of benzene rings is 1.